The van der Waals surface area contributed by atoms with Crippen LogP contribution in [0.15, 0.2) is 65.0 Å². The SMILES string of the molecule is C=CCOc1ccccc1/C=C1/SC(=Nc2ccc(C)c(C)c2)N(C)C1=O. The molecule has 2 aromatic rings. The number of ether oxygens (including phenoxy) is 1. The molecule has 0 saturated carbocycles. The topological polar surface area (TPSA) is 41.9 Å². The lowest BCUT2D eigenvalue weighted by Crippen LogP contribution is -2.23. The van der Waals surface area contributed by atoms with Crippen molar-refractivity contribution in [3.63, 3.8) is 0 Å². The lowest BCUT2D eigenvalue weighted by atomic mass is 10.1. The molecule has 4 nitrogen and oxygen atoms in total. The predicted octanol–water partition coefficient (Wildman–Crippen LogP) is 5.10. The molecule has 1 aliphatic heterocycles. The zero-order valence-corrected chi connectivity index (χ0v) is 16.5. The molecule has 1 aliphatic rings. The van der Waals surface area contributed by atoms with E-state index in [1.165, 1.54) is 22.9 Å². The van der Waals surface area contributed by atoms with Gasteiger partial charge in [0.25, 0.3) is 5.91 Å². The lowest BCUT2D eigenvalue weighted by Gasteiger charge is -2.08. The summed E-state index contributed by atoms with van der Waals surface area (Å²) in [6, 6.07) is 13.7. The molecule has 2 aromatic carbocycles. The van der Waals surface area contributed by atoms with Crippen molar-refractivity contribution >= 4 is 34.6 Å². The summed E-state index contributed by atoms with van der Waals surface area (Å²) in [6.07, 6.45) is 3.55. The first-order valence-corrected chi connectivity index (χ1v) is 9.47. The van der Waals surface area contributed by atoms with Gasteiger partial charge in [0.1, 0.15) is 12.4 Å². The molecule has 27 heavy (non-hydrogen) atoms. The maximum atomic E-state index is 12.7. The number of aryl methyl sites for hydroxylation is 2. The normalized spacial score (nSPS) is 17.0. The highest BCUT2D eigenvalue weighted by Gasteiger charge is 2.30. The van der Waals surface area contributed by atoms with Gasteiger partial charge in [0.15, 0.2) is 5.17 Å². The third kappa shape index (κ3) is 4.31. The van der Waals surface area contributed by atoms with Crippen LogP contribution < -0.4 is 4.74 Å². The van der Waals surface area contributed by atoms with Gasteiger partial charge in [-0.25, -0.2) is 4.99 Å². The molecule has 1 heterocycles. The van der Waals surface area contributed by atoms with Crippen LogP contribution in [0, 0.1) is 13.8 Å². The fourth-order valence-corrected chi connectivity index (χ4v) is 3.56. The van der Waals surface area contributed by atoms with E-state index in [4.69, 9.17) is 4.74 Å². The maximum Gasteiger partial charge on any atom is 0.266 e. The zero-order chi connectivity index (χ0) is 19.4. The molecule has 5 heteroatoms. The van der Waals surface area contributed by atoms with Gasteiger partial charge < -0.3 is 4.74 Å². The Hall–Kier alpha value is -2.79. The smallest absolute Gasteiger partial charge is 0.266 e. The van der Waals surface area contributed by atoms with Crippen LogP contribution in [0.5, 0.6) is 5.75 Å². The number of hydrogen-bond acceptors (Lipinski definition) is 4. The van der Waals surface area contributed by atoms with E-state index in [-0.39, 0.29) is 5.91 Å². The van der Waals surface area contributed by atoms with E-state index in [1.807, 2.05) is 48.5 Å². The summed E-state index contributed by atoms with van der Waals surface area (Å²) in [7, 11) is 1.75. The van der Waals surface area contributed by atoms with E-state index in [9.17, 15) is 4.79 Å². The highest BCUT2D eigenvalue weighted by molar-refractivity contribution is 8.18. The average molecular weight is 378 g/mol. The Bertz CT molecular complexity index is 947. The van der Waals surface area contributed by atoms with E-state index >= 15 is 0 Å². The van der Waals surface area contributed by atoms with E-state index < -0.39 is 0 Å². The van der Waals surface area contributed by atoms with Gasteiger partial charge in [0.05, 0.1) is 10.6 Å². The van der Waals surface area contributed by atoms with Gasteiger partial charge in [0, 0.05) is 12.6 Å². The third-order valence-electron chi connectivity index (χ3n) is 4.28. The van der Waals surface area contributed by atoms with Crippen LogP contribution in [-0.4, -0.2) is 29.6 Å². The summed E-state index contributed by atoms with van der Waals surface area (Å²) >= 11 is 1.37. The molecule has 0 aliphatic carbocycles. The number of likely N-dealkylation sites (N-methyl/N-ethyl adjacent to an activating group) is 1. The van der Waals surface area contributed by atoms with Gasteiger partial charge >= 0.3 is 0 Å². The second kappa shape index (κ2) is 8.27. The van der Waals surface area contributed by atoms with Crippen molar-refractivity contribution in [3.05, 3.63) is 76.7 Å². The van der Waals surface area contributed by atoms with Crippen LogP contribution in [0.3, 0.4) is 0 Å². The number of amidine groups is 1. The number of para-hydroxylation sites is 1. The van der Waals surface area contributed by atoms with Crippen LogP contribution in [0.25, 0.3) is 6.08 Å². The number of aliphatic imine (C=N–C) groups is 1. The molecule has 0 bridgehead atoms. The van der Waals surface area contributed by atoms with Crippen LogP contribution in [-0.2, 0) is 4.79 Å². The number of benzene rings is 2. The first-order chi connectivity index (χ1) is 13.0. The van der Waals surface area contributed by atoms with Gasteiger partial charge in [-0.2, -0.15) is 0 Å². The molecule has 0 N–H and O–H groups in total. The third-order valence-corrected chi connectivity index (χ3v) is 5.34. The van der Waals surface area contributed by atoms with Crippen molar-refractivity contribution in [2.45, 2.75) is 13.8 Å². The fraction of sp³-hybridized carbons (Fsp3) is 0.182. The van der Waals surface area contributed by atoms with Crippen LogP contribution in [0.2, 0.25) is 0 Å². The van der Waals surface area contributed by atoms with E-state index in [2.05, 4.69) is 25.4 Å². The molecule has 0 aromatic heterocycles. The Labute approximate surface area is 164 Å². The van der Waals surface area contributed by atoms with Gasteiger partial charge in [-0.3, -0.25) is 9.69 Å². The standard InChI is InChI=1S/C22H22N2O2S/c1-5-12-26-19-9-7-6-8-17(19)14-20-21(25)24(4)22(27-20)23-18-11-10-15(2)16(3)13-18/h5-11,13-14H,1,12H2,2-4H3/b20-14+,23-22?. The summed E-state index contributed by atoms with van der Waals surface area (Å²) in [5, 5.41) is 0.666. The Balaban J connectivity index is 1.90. The number of thioether (sulfide) groups is 1. The molecular weight excluding hydrogens is 356 g/mol. The minimum atomic E-state index is -0.0684. The van der Waals surface area contributed by atoms with Crippen molar-refractivity contribution in [2.75, 3.05) is 13.7 Å². The number of carbonyl (C=O) groups excluding carboxylic acids is 1. The van der Waals surface area contributed by atoms with Crippen molar-refractivity contribution < 1.29 is 9.53 Å². The second-order valence-electron chi connectivity index (χ2n) is 6.28. The summed E-state index contributed by atoms with van der Waals surface area (Å²) in [5.41, 5.74) is 4.10. The molecule has 3 rings (SSSR count). The van der Waals surface area contributed by atoms with Gasteiger partial charge in [0.2, 0.25) is 0 Å². The lowest BCUT2D eigenvalue weighted by molar-refractivity contribution is -0.121. The zero-order valence-electron chi connectivity index (χ0n) is 15.7. The average Bonchev–Trinajstić information content (AvgIpc) is 2.92. The first kappa shape index (κ1) is 19.0. The monoisotopic (exact) mass is 378 g/mol. The number of carbonyl (C=O) groups is 1. The molecule has 1 fully saturated rings. The number of hydrogen-bond donors (Lipinski definition) is 0. The number of rotatable bonds is 5. The minimum Gasteiger partial charge on any atom is -0.489 e. The van der Waals surface area contributed by atoms with Gasteiger partial charge in [-0.15, -0.1) is 0 Å². The van der Waals surface area contributed by atoms with Crippen molar-refractivity contribution in [1.82, 2.24) is 4.90 Å². The number of nitrogens with zero attached hydrogens (tertiary/aromatic N) is 2. The van der Waals surface area contributed by atoms with Crippen molar-refractivity contribution in [3.8, 4) is 5.75 Å². The number of amides is 1. The van der Waals surface area contributed by atoms with Crippen molar-refractivity contribution in [2.24, 2.45) is 4.99 Å². The predicted molar refractivity (Wildman–Crippen MR) is 113 cm³/mol. The molecule has 0 spiro atoms. The summed E-state index contributed by atoms with van der Waals surface area (Å²) < 4.78 is 5.68. The van der Waals surface area contributed by atoms with Gasteiger partial charge in [-0.05, 0) is 61.0 Å². The first-order valence-electron chi connectivity index (χ1n) is 8.66. The summed E-state index contributed by atoms with van der Waals surface area (Å²) in [6.45, 7) is 8.21. The fourth-order valence-electron chi connectivity index (χ4n) is 2.58. The van der Waals surface area contributed by atoms with E-state index in [1.54, 1.807) is 18.0 Å². The minimum absolute atomic E-state index is 0.0684. The highest BCUT2D eigenvalue weighted by Crippen LogP contribution is 2.34. The maximum absolute atomic E-state index is 12.7. The van der Waals surface area contributed by atoms with Crippen LogP contribution in [0.4, 0.5) is 5.69 Å². The van der Waals surface area contributed by atoms with Crippen LogP contribution in [0.1, 0.15) is 16.7 Å². The highest BCUT2D eigenvalue weighted by atomic mass is 32.2. The Morgan fingerprint density at radius 1 is 1.19 bits per heavy atom. The van der Waals surface area contributed by atoms with Crippen LogP contribution >= 0.6 is 11.8 Å². The molecular formula is C22H22N2O2S. The molecule has 0 unspecified atom stereocenters. The molecule has 138 valence electrons. The Morgan fingerprint density at radius 2 is 1.96 bits per heavy atom. The molecule has 0 radical (unpaired) electrons. The summed E-state index contributed by atoms with van der Waals surface area (Å²) in [5.74, 6) is 0.654. The van der Waals surface area contributed by atoms with E-state index in [0.717, 1.165) is 17.0 Å². The van der Waals surface area contributed by atoms with Crippen molar-refractivity contribution in [1.29, 1.82) is 0 Å². The molecule has 0 atom stereocenters. The van der Waals surface area contributed by atoms with Gasteiger partial charge in [-0.1, -0.05) is 36.9 Å². The Morgan fingerprint density at radius 3 is 2.70 bits per heavy atom. The largest absolute Gasteiger partial charge is 0.489 e. The summed E-state index contributed by atoms with van der Waals surface area (Å²) in [4.78, 5) is 19.5. The Kier molecular flexibility index (Phi) is 5.81. The second-order valence-corrected chi connectivity index (χ2v) is 7.28. The molecule has 1 saturated heterocycles. The quantitative estimate of drug-likeness (QED) is 0.537. The molecule has 1 amide bonds. The van der Waals surface area contributed by atoms with E-state index in [0.29, 0.717) is 16.7 Å².